The zero-order valence-corrected chi connectivity index (χ0v) is 7.26. The molecule has 1 N–H and O–H groups in total. The number of aliphatic hydroxyl groups excluding tert-OH is 1. The SMILES string of the molecule is CCOC(=O)C1SCCC1O. The van der Waals surface area contributed by atoms with E-state index in [9.17, 15) is 9.90 Å². The van der Waals surface area contributed by atoms with E-state index < -0.39 is 6.10 Å². The summed E-state index contributed by atoms with van der Waals surface area (Å²) in [4.78, 5) is 11.1. The molecule has 0 bridgehead atoms. The maximum absolute atomic E-state index is 11.1. The number of esters is 1. The molecular weight excluding hydrogens is 164 g/mol. The Morgan fingerprint density at radius 1 is 1.82 bits per heavy atom. The molecule has 0 spiro atoms. The maximum Gasteiger partial charge on any atom is 0.321 e. The van der Waals surface area contributed by atoms with Gasteiger partial charge in [-0.2, -0.15) is 0 Å². The molecule has 1 heterocycles. The highest BCUT2D eigenvalue weighted by Gasteiger charge is 2.33. The normalized spacial score (nSPS) is 30.4. The Hall–Kier alpha value is -0.220. The van der Waals surface area contributed by atoms with Crippen molar-refractivity contribution in [3.8, 4) is 0 Å². The molecule has 0 saturated carbocycles. The van der Waals surface area contributed by atoms with Gasteiger partial charge in [-0.3, -0.25) is 4.79 Å². The van der Waals surface area contributed by atoms with Crippen LogP contribution in [0.4, 0.5) is 0 Å². The first-order valence-corrected chi connectivity index (χ1v) is 4.77. The van der Waals surface area contributed by atoms with Crippen LogP contribution in [0.3, 0.4) is 0 Å². The van der Waals surface area contributed by atoms with Gasteiger partial charge in [-0.05, 0) is 19.1 Å². The Morgan fingerprint density at radius 2 is 2.55 bits per heavy atom. The number of hydrogen-bond donors (Lipinski definition) is 1. The molecule has 2 unspecified atom stereocenters. The van der Waals surface area contributed by atoms with Crippen LogP contribution in [0.15, 0.2) is 0 Å². The highest BCUT2D eigenvalue weighted by atomic mass is 32.2. The zero-order chi connectivity index (χ0) is 8.27. The van der Waals surface area contributed by atoms with Gasteiger partial charge in [0.05, 0.1) is 12.7 Å². The summed E-state index contributed by atoms with van der Waals surface area (Å²) in [6.07, 6.45) is 0.202. The van der Waals surface area contributed by atoms with Gasteiger partial charge < -0.3 is 9.84 Å². The van der Waals surface area contributed by atoms with E-state index in [4.69, 9.17) is 4.74 Å². The molecule has 1 aliphatic rings. The fourth-order valence-electron chi connectivity index (χ4n) is 1.03. The Kier molecular flexibility index (Phi) is 3.20. The standard InChI is InChI=1S/C7H12O3S/c1-2-10-7(9)6-5(8)3-4-11-6/h5-6,8H,2-4H2,1H3. The molecule has 0 aromatic heterocycles. The van der Waals surface area contributed by atoms with Crippen LogP contribution in [0.25, 0.3) is 0 Å². The lowest BCUT2D eigenvalue weighted by atomic mass is 10.2. The van der Waals surface area contributed by atoms with E-state index >= 15 is 0 Å². The number of aliphatic hydroxyl groups is 1. The summed E-state index contributed by atoms with van der Waals surface area (Å²) < 4.78 is 4.78. The molecule has 0 amide bonds. The van der Waals surface area contributed by atoms with Crippen LogP contribution in [-0.4, -0.2) is 34.8 Å². The van der Waals surface area contributed by atoms with Gasteiger partial charge in [0.1, 0.15) is 5.25 Å². The van der Waals surface area contributed by atoms with Gasteiger partial charge in [0, 0.05) is 0 Å². The molecule has 1 aliphatic heterocycles. The smallest absolute Gasteiger partial charge is 0.321 e. The van der Waals surface area contributed by atoms with E-state index in [1.165, 1.54) is 11.8 Å². The highest BCUT2D eigenvalue weighted by molar-refractivity contribution is 8.00. The van der Waals surface area contributed by atoms with Gasteiger partial charge in [0.2, 0.25) is 0 Å². The van der Waals surface area contributed by atoms with Gasteiger partial charge in [-0.15, -0.1) is 11.8 Å². The molecule has 64 valence electrons. The summed E-state index contributed by atoms with van der Waals surface area (Å²) in [5.41, 5.74) is 0. The van der Waals surface area contributed by atoms with Crippen molar-refractivity contribution < 1.29 is 14.6 Å². The van der Waals surface area contributed by atoms with Gasteiger partial charge >= 0.3 is 5.97 Å². The Bertz CT molecular complexity index is 149. The Morgan fingerprint density at radius 3 is 3.00 bits per heavy atom. The predicted octanol–water partition coefficient (Wildman–Crippen LogP) is 0.416. The number of hydrogen-bond acceptors (Lipinski definition) is 4. The minimum Gasteiger partial charge on any atom is -0.465 e. The Balaban J connectivity index is 2.39. The number of rotatable bonds is 2. The molecule has 2 atom stereocenters. The van der Waals surface area contributed by atoms with Crippen LogP contribution >= 0.6 is 11.8 Å². The van der Waals surface area contributed by atoms with E-state index in [0.717, 1.165) is 5.75 Å². The molecule has 1 rings (SSSR count). The lowest BCUT2D eigenvalue weighted by molar-refractivity contribution is -0.144. The lowest BCUT2D eigenvalue weighted by Crippen LogP contribution is -2.28. The Labute approximate surface area is 70.1 Å². The van der Waals surface area contributed by atoms with Crippen molar-refractivity contribution in [2.24, 2.45) is 0 Å². The summed E-state index contributed by atoms with van der Waals surface area (Å²) >= 11 is 1.47. The number of thioether (sulfide) groups is 1. The fourth-order valence-corrected chi connectivity index (χ4v) is 2.22. The van der Waals surface area contributed by atoms with Crippen molar-refractivity contribution in [2.45, 2.75) is 24.7 Å². The molecule has 0 aliphatic carbocycles. The number of ether oxygens (including phenoxy) is 1. The third-order valence-electron chi connectivity index (χ3n) is 1.58. The van der Waals surface area contributed by atoms with Crippen molar-refractivity contribution in [1.29, 1.82) is 0 Å². The first kappa shape index (κ1) is 8.87. The van der Waals surface area contributed by atoms with E-state index in [2.05, 4.69) is 0 Å². The van der Waals surface area contributed by atoms with E-state index in [0.29, 0.717) is 13.0 Å². The zero-order valence-electron chi connectivity index (χ0n) is 6.45. The molecule has 3 nitrogen and oxygen atoms in total. The molecular formula is C7H12O3S. The minimum atomic E-state index is -0.501. The summed E-state index contributed by atoms with van der Waals surface area (Å²) in [7, 11) is 0. The van der Waals surface area contributed by atoms with Crippen molar-refractivity contribution in [2.75, 3.05) is 12.4 Å². The quantitative estimate of drug-likeness (QED) is 0.619. The second kappa shape index (κ2) is 3.97. The second-order valence-electron chi connectivity index (χ2n) is 2.40. The van der Waals surface area contributed by atoms with Crippen LogP contribution in [0, 0.1) is 0 Å². The largest absolute Gasteiger partial charge is 0.465 e. The van der Waals surface area contributed by atoms with Crippen LogP contribution in [0.2, 0.25) is 0 Å². The lowest BCUT2D eigenvalue weighted by Gasteiger charge is -2.10. The summed E-state index contributed by atoms with van der Waals surface area (Å²) in [6, 6.07) is 0. The topological polar surface area (TPSA) is 46.5 Å². The second-order valence-corrected chi connectivity index (χ2v) is 3.65. The van der Waals surface area contributed by atoms with Crippen molar-refractivity contribution in [1.82, 2.24) is 0 Å². The molecule has 1 fully saturated rings. The molecule has 0 aromatic carbocycles. The number of carbonyl (C=O) groups is 1. The number of carbonyl (C=O) groups excluding carboxylic acids is 1. The predicted molar refractivity (Wildman–Crippen MR) is 43.5 cm³/mol. The van der Waals surface area contributed by atoms with Gasteiger partial charge in [-0.25, -0.2) is 0 Å². The first-order valence-electron chi connectivity index (χ1n) is 3.72. The van der Waals surface area contributed by atoms with E-state index in [1.807, 2.05) is 0 Å². The summed E-state index contributed by atoms with van der Waals surface area (Å²) in [5.74, 6) is 0.576. The summed E-state index contributed by atoms with van der Waals surface area (Å²) in [5, 5.41) is 8.93. The minimum absolute atomic E-state index is 0.275. The molecule has 4 heteroatoms. The van der Waals surface area contributed by atoms with Crippen molar-refractivity contribution >= 4 is 17.7 Å². The third kappa shape index (κ3) is 2.10. The maximum atomic E-state index is 11.1. The van der Waals surface area contributed by atoms with E-state index in [-0.39, 0.29) is 11.2 Å². The monoisotopic (exact) mass is 176 g/mol. The van der Waals surface area contributed by atoms with Gasteiger partial charge in [0.15, 0.2) is 0 Å². The van der Waals surface area contributed by atoms with Crippen LogP contribution in [-0.2, 0) is 9.53 Å². The summed E-state index contributed by atoms with van der Waals surface area (Å²) in [6.45, 7) is 2.16. The van der Waals surface area contributed by atoms with Crippen molar-refractivity contribution in [3.05, 3.63) is 0 Å². The highest BCUT2D eigenvalue weighted by Crippen LogP contribution is 2.27. The van der Waals surface area contributed by atoms with Gasteiger partial charge in [-0.1, -0.05) is 0 Å². The van der Waals surface area contributed by atoms with Crippen LogP contribution < -0.4 is 0 Å². The van der Waals surface area contributed by atoms with E-state index in [1.54, 1.807) is 6.92 Å². The van der Waals surface area contributed by atoms with Gasteiger partial charge in [0.25, 0.3) is 0 Å². The average Bonchev–Trinajstić information content (AvgIpc) is 2.36. The van der Waals surface area contributed by atoms with Crippen molar-refractivity contribution in [3.63, 3.8) is 0 Å². The van der Waals surface area contributed by atoms with Crippen LogP contribution in [0.5, 0.6) is 0 Å². The average molecular weight is 176 g/mol. The molecule has 11 heavy (non-hydrogen) atoms. The third-order valence-corrected chi connectivity index (χ3v) is 2.92. The fraction of sp³-hybridized carbons (Fsp3) is 0.857. The molecule has 0 aromatic rings. The van der Waals surface area contributed by atoms with Crippen LogP contribution in [0.1, 0.15) is 13.3 Å². The molecule has 0 radical (unpaired) electrons. The first-order chi connectivity index (χ1) is 5.25. The molecule has 1 saturated heterocycles.